The zero-order chi connectivity index (χ0) is 20.0. The van der Waals surface area contributed by atoms with E-state index in [9.17, 15) is 13.9 Å². The van der Waals surface area contributed by atoms with E-state index in [1.165, 1.54) is 12.1 Å². The number of aromatic nitrogens is 3. The van der Waals surface area contributed by atoms with Gasteiger partial charge in [0.15, 0.2) is 5.82 Å². The van der Waals surface area contributed by atoms with Crippen LogP contribution in [0.4, 0.5) is 14.6 Å². The maximum absolute atomic E-state index is 12.9. The smallest absolute Gasteiger partial charge is 0.263 e. The first-order chi connectivity index (χ1) is 14.1. The number of anilines is 1. The van der Waals surface area contributed by atoms with E-state index >= 15 is 0 Å². The number of phenols is 1. The van der Waals surface area contributed by atoms with Crippen molar-refractivity contribution in [2.45, 2.75) is 50.4 Å². The summed E-state index contributed by atoms with van der Waals surface area (Å²) in [6.45, 7) is 0. The number of hydrogen-bond acceptors (Lipinski definition) is 6. The number of fused-ring (bicyclic) bond motifs is 3. The second kappa shape index (κ2) is 7.18. The van der Waals surface area contributed by atoms with Gasteiger partial charge in [0, 0.05) is 40.3 Å². The van der Waals surface area contributed by atoms with Gasteiger partial charge in [0.05, 0.1) is 12.2 Å². The summed E-state index contributed by atoms with van der Waals surface area (Å²) in [6, 6.07) is 5.85. The van der Waals surface area contributed by atoms with Crippen molar-refractivity contribution in [2.24, 2.45) is 0 Å². The van der Waals surface area contributed by atoms with E-state index in [4.69, 9.17) is 4.74 Å². The van der Waals surface area contributed by atoms with Gasteiger partial charge in [-0.05, 0) is 43.9 Å². The molecule has 0 spiro atoms. The molecule has 5 rings (SSSR count). The summed E-state index contributed by atoms with van der Waals surface area (Å²) in [7, 11) is 0. The minimum Gasteiger partial charge on any atom is -0.507 e. The van der Waals surface area contributed by atoms with Crippen molar-refractivity contribution in [1.29, 1.82) is 0 Å². The lowest BCUT2D eigenvalue weighted by Crippen LogP contribution is -2.34. The van der Waals surface area contributed by atoms with Crippen LogP contribution in [-0.4, -0.2) is 38.5 Å². The Morgan fingerprint density at radius 1 is 1.07 bits per heavy atom. The van der Waals surface area contributed by atoms with Crippen LogP contribution in [0.3, 0.4) is 0 Å². The first-order valence-corrected chi connectivity index (χ1v) is 9.72. The molecule has 3 aromatic rings. The lowest BCUT2D eigenvalue weighted by atomic mass is 10.0. The third-order valence-electron chi connectivity index (χ3n) is 5.74. The molecule has 2 N–H and O–H groups in total. The maximum Gasteiger partial charge on any atom is 0.263 e. The van der Waals surface area contributed by atoms with E-state index in [1.807, 2.05) is 0 Å². The van der Waals surface area contributed by atoms with Crippen LogP contribution >= 0.6 is 0 Å². The predicted molar refractivity (Wildman–Crippen MR) is 104 cm³/mol. The Labute approximate surface area is 165 Å². The Morgan fingerprint density at radius 3 is 2.59 bits per heavy atom. The Kier molecular flexibility index (Phi) is 4.50. The summed E-state index contributed by atoms with van der Waals surface area (Å²) >= 11 is 0. The van der Waals surface area contributed by atoms with Gasteiger partial charge in [0.25, 0.3) is 6.43 Å². The molecule has 150 valence electrons. The molecule has 4 heterocycles. The highest BCUT2D eigenvalue weighted by Gasteiger charge is 2.35. The molecule has 2 aliphatic rings. The molecule has 0 saturated carbocycles. The van der Waals surface area contributed by atoms with Crippen LogP contribution in [0.5, 0.6) is 5.75 Å². The molecule has 1 unspecified atom stereocenters. The third kappa shape index (κ3) is 3.37. The molecule has 0 amide bonds. The largest absolute Gasteiger partial charge is 0.507 e. The predicted octanol–water partition coefficient (Wildman–Crippen LogP) is 4.46. The number of benzene rings is 1. The van der Waals surface area contributed by atoms with Gasteiger partial charge >= 0.3 is 0 Å². The Morgan fingerprint density at radius 2 is 1.86 bits per heavy atom. The zero-order valence-electron chi connectivity index (χ0n) is 15.6. The number of rotatable bonds is 4. The molecular weight excluding hydrogens is 378 g/mol. The van der Waals surface area contributed by atoms with Crippen LogP contribution in [0, 0.1) is 0 Å². The fourth-order valence-electron chi connectivity index (χ4n) is 4.36. The van der Waals surface area contributed by atoms with Gasteiger partial charge in [-0.3, -0.25) is 4.98 Å². The van der Waals surface area contributed by atoms with Gasteiger partial charge in [-0.25, -0.2) is 8.78 Å². The van der Waals surface area contributed by atoms with Crippen molar-refractivity contribution in [3.8, 4) is 17.0 Å². The topological polar surface area (TPSA) is 80.2 Å². The van der Waals surface area contributed by atoms with Crippen LogP contribution in [0.1, 0.15) is 37.7 Å². The van der Waals surface area contributed by atoms with Crippen LogP contribution < -0.4 is 5.32 Å². The van der Waals surface area contributed by atoms with Crippen molar-refractivity contribution >= 4 is 16.6 Å². The highest BCUT2D eigenvalue weighted by atomic mass is 19.3. The normalized spacial score (nSPS) is 23.6. The molecule has 2 bridgehead atoms. The molecular formula is C21H20F2N4O2. The minimum atomic E-state index is -2.65. The first kappa shape index (κ1) is 18.2. The number of halogens is 2. The fraction of sp³-hybridized carbons (Fsp3) is 0.381. The van der Waals surface area contributed by atoms with E-state index in [0.29, 0.717) is 29.3 Å². The summed E-state index contributed by atoms with van der Waals surface area (Å²) in [6.07, 6.45) is 5.34. The van der Waals surface area contributed by atoms with Crippen molar-refractivity contribution in [2.75, 3.05) is 5.32 Å². The summed E-state index contributed by atoms with van der Waals surface area (Å²) in [5.74, 6) is 0.378. The molecule has 2 saturated heterocycles. The van der Waals surface area contributed by atoms with E-state index in [1.54, 1.807) is 18.5 Å². The van der Waals surface area contributed by atoms with Crippen molar-refractivity contribution in [3.63, 3.8) is 0 Å². The molecule has 29 heavy (non-hydrogen) atoms. The van der Waals surface area contributed by atoms with E-state index in [0.717, 1.165) is 42.5 Å². The Hall–Kier alpha value is -2.87. The van der Waals surface area contributed by atoms with Gasteiger partial charge in [-0.2, -0.15) is 0 Å². The third-order valence-corrected chi connectivity index (χ3v) is 5.74. The zero-order valence-corrected chi connectivity index (χ0v) is 15.6. The molecule has 2 aliphatic heterocycles. The van der Waals surface area contributed by atoms with Crippen molar-refractivity contribution in [1.82, 2.24) is 15.2 Å². The average Bonchev–Trinajstić information content (AvgIpc) is 3.06. The number of alkyl halides is 2. The summed E-state index contributed by atoms with van der Waals surface area (Å²) < 4.78 is 31.7. The fourth-order valence-corrected chi connectivity index (χ4v) is 4.36. The molecule has 1 aromatic carbocycles. The van der Waals surface area contributed by atoms with E-state index in [2.05, 4.69) is 20.5 Å². The molecule has 2 fully saturated rings. The number of hydrogen-bond donors (Lipinski definition) is 2. The standard InChI is InChI=1S/C21H20F2N4O2/c22-20(23)11-1-4-16(18(28)7-11)19-15-5-6-24-10-17(15)21(27-26-19)25-12-8-13-2-3-14(9-12)29-13/h1,4-7,10,12-14,20,28H,2-3,8-9H2,(H,25,27)/t12?,13-,14+. The van der Waals surface area contributed by atoms with E-state index in [-0.39, 0.29) is 17.4 Å². The lowest BCUT2D eigenvalue weighted by molar-refractivity contribution is 0.000662. The van der Waals surface area contributed by atoms with Crippen molar-refractivity contribution in [3.05, 3.63) is 42.2 Å². The molecule has 0 aliphatic carbocycles. The maximum atomic E-state index is 12.9. The minimum absolute atomic E-state index is 0.238. The second-order valence-electron chi connectivity index (χ2n) is 7.67. The Bertz CT molecular complexity index is 1050. The molecule has 2 aromatic heterocycles. The Balaban J connectivity index is 1.52. The SMILES string of the molecule is Oc1cc(C(F)F)ccc1-c1nnc(NC2C[C@H]3CC[C@@H](C2)O3)c2cnccc12. The van der Waals surface area contributed by atoms with Gasteiger partial charge in [0.2, 0.25) is 0 Å². The van der Waals surface area contributed by atoms with Gasteiger partial charge in [-0.15, -0.1) is 10.2 Å². The summed E-state index contributed by atoms with van der Waals surface area (Å²) in [5.41, 5.74) is 0.546. The lowest BCUT2D eigenvalue weighted by Gasteiger charge is -2.29. The quantitative estimate of drug-likeness (QED) is 0.676. The number of ether oxygens (including phenoxy) is 1. The van der Waals surface area contributed by atoms with Crippen molar-refractivity contribution < 1.29 is 18.6 Å². The number of nitrogens with one attached hydrogen (secondary N) is 1. The summed E-state index contributed by atoms with van der Waals surface area (Å²) in [4.78, 5) is 4.21. The van der Waals surface area contributed by atoms with Gasteiger partial charge in [0.1, 0.15) is 11.4 Å². The molecule has 3 atom stereocenters. The summed E-state index contributed by atoms with van der Waals surface area (Å²) in [5, 5.41) is 24.0. The van der Waals surface area contributed by atoms with Crippen LogP contribution in [-0.2, 0) is 4.74 Å². The number of phenolic OH excluding ortho intramolecular Hbond substituents is 1. The highest BCUT2D eigenvalue weighted by molar-refractivity contribution is 6.00. The number of nitrogens with zero attached hydrogens (tertiary/aromatic N) is 3. The highest BCUT2D eigenvalue weighted by Crippen LogP contribution is 2.38. The van der Waals surface area contributed by atoms with Crippen LogP contribution in [0.15, 0.2) is 36.7 Å². The molecule has 8 heteroatoms. The van der Waals surface area contributed by atoms with Crippen LogP contribution in [0.25, 0.3) is 22.0 Å². The van der Waals surface area contributed by atoms with Crippen LogP contribution in [0.2, 0.25) is 0 Å². The van der Waals surface area contributed by atoms with Gasteiger partial charge < -0.3 is 15.2 Å². The van der Waals surface area contributed by atoms with Gasteiger partial charge in [-0.1, -0.05) is 6.07 Å². The number of pyridine rings is 1. The van der Waals surface area contributed by atoms with E-state index < -0.39 is 6.43 Å². The number of aromatic hydroxyl groups is 1. The molecule has 6 nitrogen and oxygen atoms in total. The molecule has 0 radical (unpaired) electrons. The second-order valence-corrected chi connectivity index (χ2v) is 7.67. The first-order valence-electron chi connectivity index (χ1n) is 9.72. The average molecular weight is 398 g/mol. The monoisotopic (exact) mass is 398 g/mol.